The van der Waals surface area contributed by atoms with Gasteiger partial charge in [-0.2, -0.15) is 0 Å². The molecule has 1 N–H and O–H groups in total. The molecule has 0 saturated carbocycles. The molecule has 0 radical (unpaired) electrons. The second-order valence-electron chi connectivity index (χ2n) is 6.10. The highest BCUT2D eigenvalue weighted by atomic mass is 19.1. The number of rotatable bonds is 7. The van der Waals surface area contributed by atoms with Crippen molar-refractivity contribution in [1.29, 1.82) is 0 Å². The molecule has 1 atom stereocenters. The molecular formula is C17H27FN2O. The molecule has 0 spiro atoms. The Balaban J connectivity index is 1.97. The normalized spacial score (nSPS) is 18.1. The molecule has 1 fully saturated rings. The van der Waals surface area contributed by atoms with Crippen molar-refractivity contribution >= 4 is 0 Å². The second kappa shape index (κ2) is 8.47. The van der Waals surface area contributed by atoms with Crippen LogP contribution in [-0.4, -0.2) is 44.3 Å². The van der Waals surface area contributed by atoms with E-state index in [-0.39, 0.29) is 5.82 Å². The summed E-state index contributed by atoms with van der Waals surface area (Å²) < 4.78 is 18.6. The smallest absolute Gasteiger partial charge is 0.123 e. The highest BCUT2D eigenvalue weighted by Gasteiger charge is 2.22. The van der Waals surface area contributed by atoms with Crippen molar-refractivity contribution < 1.29 is 9.13 Å². The van der Waals surface area contributed by atoms with Crippen LogP contribution in [0, 0.1) is 11.7 Å². The van der Waals surface area contributed by atoms with Crippen LogP contribution in [0.4, 0.5) is 4.39 Å². The van der Waals surface area contributed by atoms with Crippen molar-refractivity contribution in [3.05, 3.63) is 35.6 Å². The van der Waals surface area contributed by atoms with Crippen molar-refractivity contribution in [3.8, 4) is 0 Å². The average Bonchev–Trinajstić information content (AvgIpc) is 2.49. The number of halogens is 1. The number of ether oxygens (including phenoxy) is 1. The number of hydrogen-bond donors (Lipinski definition) is 1. The van der Waals surface area contributed by atoms with E-state index in [9.17, 15) is 4.39 Å². The maximum atomic E-state index is 13.1. The van der Waals surface area contributed by atoms with E-state index in [4.69, 9.17) is 4.74 Å². The van der Waals surface area contributed by atoms with Crippen molar-refractivity contribution in [2.45, 2.75) is 26.3 Å². The molecule has 1 saturated heterocycles. The average molecular weight is 294 g/mol. The molecular weight excluding hydrogens is 267 g/mol. The number of hydrogen-bond acceptors (Lipinski definition) is 3. The summed E-state index contributed by atoms with van der Waals surface area (Å²) in [6.07, 6.45) is 1.18. The molecule has 118 valence electrons. The summed E-state index contributed by atoms with van der Waals surface area (Å²) in [5.74, 6) is 0.539. The van der Waals surface area contributed by atoms with Gasteiger partial charge in [0, 0.05) is 25.7 Å². The lowest BCUT2D eigenvalue weighted by Gasteiger charge is -2.35. The minimum atomic E-state index is -0.174. The molecule has 0 aromatic heterocycles. The third-order valence-electron chi connectivity index (χ3n) is 3.98. The minimum Gasteiger partial charge on any atom is -0.379 e. The maximum Gasteiger partial charge on any atom is 0.123 e. The third-order valence-corrected chi connectivity index (χ3v) is 3.98. The first-order valence-corrected chi connectivity index (χ1v) is 7.95. The van der Waals surface area contributed by atoms with Crippen LogP contribution in [0.1, 0.15) is 31.9 Å². The van der Waals surface area contributed by atoms with Crippen LogP contribution in [0.5, 0.6) is 0 Å². The first-order valence-electron chi connectivity index (χ1n) is 7.95. The lowest BCUT2D eigenvalue weighted by Crippen LogP contribution is -2.43. The van der Waals surface area contributed by atoms with Gasteiger partial charge in [-0.1, -0.05) is 26.0 Å². The Labute approximate surface area is 127 Å². The molecule has 1 aliphatic heterocycles. The van der Waals surface area contributed by atoms with Gasteiger partial charge in [-0.3, -0.25) is 4.90 Å². The Morgan fingerprint density at radius 2 is 1.86 bits per heavy atom. The first-order chi connectivity index (χ1) is 10.2. The van der Waals surface area contributed by atoms with Gasteiger partial charge >= 0.3 is 0 Å². The lowest BCUT2D eigenvalue weighted by atomic mass is 10.0. The zero-order valence-electron chi connectivity index (χ0n) is 13.1. The molecule has 1 aromatic rings. The van der Waals surface area contributed by atoms with Gasteiger partial charge in [0.15, 0.2) is 0 Å². The molecule has 21 heavy (non-hydrogen) atoms. The standard InChI is InChI=1S/C17H27FN2O/c1-14(2)7-8-19-13-17(20-9-11-21-12-10-20)15-3-5-16(18)6-4-15/h3-6,14,17,19H,7-13H2,1-2H3. The summed E-state index contributed by atoms with van der Waals surface area (Å²) >= 11 is 0. The van der Waals surface area contributed by atoms with Gasteiger partial charge in [0.2, 0.25) is 0 Å². The molecule has 0 aliphatic carbocycles. The van der Waals surface area contributed by atoms with Gasteiger partial charge in [-0.15, -0.1) is 0 Å². The van der Waals surface area contributed by atoms with Gasteiger partial charge in [-0.05, 0) is 36.6 Å². The lowest BCUT2D eigenvalue weighted by molar-refractivity contribution is 0.0161. The summed E-state index contributed by atoms with van der Waals surface area (Å²) in [7, 11) is 0. The predicted octanol–water partition coefficient (Wildman–Crippen LogP) is 2.83. The highest BCUT2D eigenvalue weighted by Crippen LogP contribution is 2.21. The fourth-order valence-corrected chi connectivity index (χ4v) is 2.66. The number of nitrogens with one attached hydrogen (secondary N) is 1. The molecule has 4 heteroatoms. The summed E-state index contributed by atoms with van der Waals surface area (Å²) in [4.78, 5) is 2.43. The zero-order valence-corrected chi connectivity index (χ0v) is 13.1. The topological polar surface area (TPSA) is 24.5 Å². The van der Waals surface area contributed by atoms with Gasteiger partial charge in [-0.25, -0.2) is 4.39 Å². The van der Waals surface area contributed by atoms with Gasteiger partial charge < -0.3 is 10.1 Å². The SMILES string of the molecule is CC(C)CCNCC(c1ccc(F)cc1)N1CCOCC1. The van der Waals surface area contributed by atoms with Crippen LogP contribution in [0.3, 0.4) is 0 Å². The summed E-state index contributed by atoms with van der Waals surface area (Å²) in [5.41, 5.74) is 1.18. The molecule has 1 unspecified atom stereocenters. The molecule has 3 nitrogen and oxygen atoms in total. The fraction of sp³-hybridized carbons (Fsp3) is 0.647. The first kappa shape index (κ1) is 16.4. The minimum absolute atomic E-state index is 0.174. The Hall–Kier alpha value is -0.970. The van der Waals surface area contributed by atoms with Crippen LogP contribution >= 0.6 is 0 Å². The summed E-state index contributed by atoms with van der Waals surface area (Å²) in [5, 5.41) is 3.55. The summed E-state index contributed by atoms with van der Waals surface area (Å²) in [6.45, 7) is 9.84. The van der Waals surface area contributed by atoms with E-state index in [1.165, 1.54) is 12.0 Å². The Kier molecular flexibility index (Phi) is 6.61. The number of nitrogens with zero attached hydrogens (tertiary/aromatic N) is 1. The van der Waals surface area contributed by atoms with Crippen LogP contribution in [0.2, 0.25) is 0 Å². The van der Waals surface area contributed by atoms with Crippen LogP contribution < -0.4 is 5.32 Å². The predicted molar refractivity (Wildman–Crippen MR) is 83.9 cm³/mol. The van der Waals surface area contributed by atoms with E-state index in [0.717, 1.165) is 39.4 Å². The second-order valence-corrected chi connectivity index (χ2v) is 6.10. The van der Waals surface area contributed by atoms with Gasteiger partial charge in [0.25, 0.3) is 0 Å². The molecule has 1 aromatic carbocycles. The Bertz CT molecular complexity index is 402. The molecule has 0 amide bonds. The van der Waals surface area contributed by atoms with Gasteiger partial charge in [0.05, 0.1) is 13.2 Å². The van der Waals surface area contributed by atoms with Crippen molar-refractivity contribution in [2.24, 2.45) is 5.92 Å². The van der Waals surface area contributed by atoms with E-state index in [0.29, 0.717) is 12.0 Å². The number of benzene rings is 1. The number of morpholine rings is 1. The monoisotopic (exact) mass is 294 g/mol. The van der Waals surface area contributed by atoms with E-state index >= 15 is 0 Å². The Morgan fingerprint density at radius 3 is 2.48 bits per heavy atom. The maximum absolute atomic E-state index is 13.1. The van der Waals surface area contributed by atoms with E-state index in [2.05, 4.69) is 24.1 Å². The molecule has 1 heterocycles. The highest BCUT2D eigenvalue weighted by molar-refractivity contribution is 5.20. The van der Waals surface area contributed by atoms with Crippen molar-refractivity contribution in [2.75, 3.05) is 39.4 Å². The van der Waals surface area contributed by atoms with Crippen molar-refractivity contribution in [3.63, 3.8) is 0 Å². The van der Waals surface area contributed by atoms with Crippen LogP contribution in [0.15, 0.2) is 24.3 Å². The molecule has 2 rings (SSSR count). The third kappa shape index (κ3) is 5.38. The van der Waals surface area contributed by atoms with E-state index < -0.39 is 0 Å². The van der Waals surface area contributed by atoms with Crippen molar-refractivity contribution in [1.82, 2.24) is 10.2 Å². The van der Waals surface area contributed by atoms with E-state index in [1.807, 2.05) is 12.1 Å². The molecule has 0 bridgehead atoms. The quantitative estimate of drug-likeness (QED) is 0.783. The largest absolute Gasteiger partial charge is 0.379 e. The zero-order chi connectivity index (χ0) is 15.1. The van der Waals surface area contributed by atoms with Crippen LogP contribution in [0.25, 0.3) is 0 Å². The summed E-state index contributed by atoms with van der Waals surface area (Å²) in [6, 6.07) is 7.20. The fourth-order valence-electron chi connectivity index (χ4n) is 2.66. The van der Waals surface area contributed by atoms with E-state index in [1.54, 1.807) is 12.1 Å². The van der Waals surface area contributed by atoms with Crippen LogP contribution in [-0.2, 0) is 4.74 Å². The Morgan fingerprint density at radius 1 is 1.19 bits per heavy atom. The van der Waals surface area contributed by atoms with Gasteiger partial charge in [0.1, 0.15) is 5.82 Å². The molecule has 1 aliphatic rings.